The smallest absolute Gasteiger partial charge is 0.162 e. The van der Waals surface area contributed by atoms with E-state index in [1.807, 2.05) is 6.07 Å². The highest BCUT2D eigenvalue weighted by atomic mass is 19.2. The van der Waals surface area contributed by atoms with E-state index < -0.39 is 17.7 Å². The molecule has 1 aromatic carbocycles. The fourth-order valence-corrected chi connectivity index (χ4v) is 1.67. The molecule has 2 N–H and O–H groups in total. The number of hydrogen-bond acceptors (Lipinski definition) is 5. The number of hydrogen-bond donors (Lipinski definition) is 2. The maximum atomic E-state index is 13.0. The highest BCUT2D eigenvalue weighted by Crippen LogP contribution is 2.15. The maximum Gasteiger partial charge on any atom is 0.162 e. The molecule has 22 heavy (non-hydrogen) atoms. The minimum Gasteiger partial charge on any atom is -0.491 e. The van der Waals surface area contributed by atoms with Crippen LogP contribution in [0.3, 0.4) is 0 Å². The van der Waals surface area contributed by atoms with Gasteiger partial charge in [-0.15, -0.1) is 0 Å². The molecule has 7 heteroatoms. The van der Waals surface area contributed by atoms with Crippen molar-refractivity contribution in [3.63, 3.8) is 0 Å². The first kappa shape index (κ1) is 15.7. The Kier molecular flexibility index (Phi) is 5.22. The number of aliphatic hydroxyl groups excluding tert-OH is 1. The molecule has 1 unspecified atom stereocenters. The van der Waals surface area contributed by atoms with Crippen molar-refractivity contribution >= 4 is 5.82 Å². The second-order valence-electron chi connectivity index (χ2n) is 4.43. The van der Waals surface area contributed by atoms with Crippen LogP contribution >= 0.6 is 0 Å². The van der Waals surface area contributed by atoms with E-state index in [0.717, 1.165) is 12.1 Å². The quantitative estimate of drug-likeness (QED) is 0.854. The summed E-state index contributed by atoms with van der Waals surface area (Å²) < 4.78 is 30.9. The van der Waals surface area contributed by atoms with E-state index in [4.69, 9.17) is 10.00 Å². The van der Waals surface area contributed by atoms with Crippen LogP contribution in [0.1, 0.15) is 5.56 Å². The largest absolute Gasteiger partial charge is 0.491 e. The zero-order valence-corrected chi connectivity index (χ0v) is 11.5. The topological polar surface area (TPSA) is 78.2 Å². The third-order valence-corrected chi connectivity index (χ3v) is 2.77. The van der Waals surface area contributed by atoms with Gasteiger partial charge < -0.3 is 15.2 Å². The van der Waals surface area contributed by atoms with Gasteiger partial charge in [0.2, 0.25) is 0 Å². The van der Waals surface area contributed by atoms with Gasteiger partial charge in [-0.3, -0.25) is 0 Å². The number of pyridine rings is 1. The van der Waals surface area contributed by atoms with Gasteiger partial charge in [-0.25, -0.2) is 13.8 Å². The fraction of sp³-hybridized carbons (Fsp3) is 0.200. The van der Waals surface area contributed by atoms with Crippen LogP contribution in [-0.4, -0.2) is 29.3 Å². The lowest BCUT2D eigenvalue weighted by atomic mass is 10.2. The van der Waals surface area contributed by atoms with Crippen molar-refractivity contribution in [3.8, 4) is 11.8 Å². The van der Waals surface area contributed by atoms with E-state index in [1.165, 1.54) is 12.3 Å². The minimum absolute atomic E-state index is 0.0926. The van der Waals surface area contributed by atoms with E-state index in [1.54, 1.807) is 12.1 Å². The van der Waals surface area contributed by atoms with Gasteiger partial charge in [-0.1, -0.05) is 0 Å². The van der Waals surface area contributed by atoms with Crippen molar-refractivity contribution in [2.75, 3.05) is 18.5 Å². The molecule has 0 aliphatic heterocycles. The van der Waals surface area contributed by atoms with Crippen LogP contribution < -0.4 is 10.1 Å². The van der Waals surface area contributed by atoms with Crippen molar-refractivity contribution in [2.24, 2.45) is 0 Å². The van der Waals surface area contributed by atoms with Crippen molar-refractivity contribution < 1.29 is 18.6 Å². The minimum atomic E-state index is -1.02. The highest BCUT2D eigenvalue weighted by Gasteiger charge is 2.09. The second kappa shape index (κ2) is 7.33. The summed E-state index contributed by atoms with van der Waals surface area (Å²) in [6, 6.07) is 8.32. The number of nitrogens with zero attached hydrogens (tertiary/aromatic N) is 2. The second-order valence-corrected chi connectivity index (χ2v) is 4.43. The summed E-state index contributed by atoms with van der Waals surface area (Å²) in [5.41, 5.74) is 0.358. The molecule has 1 atom stereocenters. The number of nitrogens with one attached hydrogen (secondary N) is 1. The summed E-state index contributed by atoms with van der Waals surface area (Å²) >= 11 is 0. The zero-order chi connectivity index (χ0) is 15.9. The number of rotatable bonds is 6. The van der Waals surface area contributed by atoms with Gasteiger partial charge in [-0.2, -0.15) is 5.26 Å². The van der Waals surface area contributed by atoms with E-state index in [0.29, 0.717) is 11.4 Å². The Morgan fingerprint density at radius 3 is 2.86 bits per heavy atom. The van der Waals surface area contributed by atoms with Crippen LogP contribution in [-0.2, 0) is 0 Å². The van der Waals surface area contributed by atoms with Crippen LogP contribution in [0.5, 0.6) is 5.75 Å². The van der Waals surface area contributed by atoms with Gasteiger partial charge in [0.05, 0.1) is 5.56 Å². The van der Waals surface area contributed by atoms with Crippen molar-refractivity contribution in [2.45, 2.75) is 6.10 Å². The van der Waals surface area contributed by atoms with Crippen LogP contribution in [0.4, 0.5) is 14.6 Å². The molecule has 0 saturated heterocycles. The zero-order valence-electron chi connectivity index (χ0n) is 11.5. The molecule has 0 fully saturated rings. The van der Waals surface area contributed by atoms with Crippen LogP contribution in [0.2, 0.25) is 0 Å². The molecule has 0 aliphatic carbocycles. The molecule has 5 nitrogen and oxygen atoms in total. The van der Waals surface area contributed by atoms with E-state index >= 15 is 0 Å². The Bertz CT molecular complexity index is 689. The molecular formula is C15H13F2N3O2. The Hall–Kier alpha value is -2.72. The number of aliphatic hydroxyl groups is 1. The van der Waals surface area contributed by atoms with Crippen molar-refractivity contribution in [1.82, 2.24) is 4.98 Å². The third-order valence-electron chi connectivity index (χ3n) is 2.77. The Labute approximate surface area is 125 Å². The molecule has 114 valence electrons. The Morgan fingerprint density at radius 2 is 2.14 bits per heavy atom. The van der Waals surface area contributed by atoms with E-state index in [-0.39, 0.29) is 18.9 Å². The SMILES string of the molecule is N#Cc1cccnc1NCC(O)COc1ccc(F)c(F)c1. The molecule has 2 aromatic rings. The molecule has 0 aliphatic rings. The van der Waals surface area contributed by atoms with Gasteiger partial charge >= 0.3 is 0 Å². The Balaban J connectivity index is 1.84. The van der Waals surface area contributed by atoms with Crippen LogP contribution in [0.15, 0.2) is 36.5 Å². The molecule has 0 bridgehead atoms. The summed E-state index contributed by atoms with van der Waals surface area (Å²) in [5.74, 6) is -1.50. The summed E-state index contributed by atoms with van der Waals surface area (Å²) in [6.45, 7) is -0.0256. The van der Waals surface area contributed by atoms with Gasteiger partial charge in [0, 0.05) is 18.8 Å². The first-order valence-corrected chi connectivity index (χ1v) is 6.45. The first-order chi connectivity index (χ1) is 10.6. The number of anilines is 1. The molecule has 1 aromatic heterocycles. The molecule has 0 spiro atoms. The average Bonchev–Trinajstić information content (AvgIpc) is 2.54. The molecule has 0 saturated carbocycles. The summed E-state index contributed by atoms with van der Waals surface area (Å²) in [5, 5.41) is 21.5. The molecule has 2 rings (SSSR count). The lowest BCUT2D eigenvalue weighted by Crippen LogP contribution is -2.26. The molecule has 0 radical (unpaired) electrons. The standard InChI is InChI=1S/C15H13F2N3O2/c16-13-4-3-12(6-14(13)17)22-9-11(21)8-20-15-10(7-18)2-1-5-19-15/h1-6,11,21H,8-9H2,(H,19,20). The van der Waals surface area contributed by atoms with Gasteiger partial charge in [0.1, 0.15) is 30.3 Å². The van der Waals surface area contributed by atoms with E-state index in [9.17, 15) is 13.9 Å². The predicted octanol–water partition coefficient (Wildman–Crippen LogP) is 2.08. The highest BCUT2D eigenvalue weighted by molar-refractivity contribution is 5.51. The van der Waals surface area contributed by atoms with Gasteiger partial charge in [0.25, 0.3) is 0 Å². The summed E-state index contributed by atoms with van der Waals surface area (Å²) in [6.07, 6.45) is 0.606. The number of benzene rings is 1. The monoisotopic (exact) mass is 305 g/mol. The van der Waals surface area contributed by atoms with Crippen molar-refractivity contribution in [1.29, 1.82) is 5.26 Å². The lowest BCUT2D eigenvalue weighted by molar-refractivity contribution is 0.117. The maximum absolute atomic E-state index is 13.0. The molecular weight excluding hydrogens is 292 g/mol. The number of ether oxygens (including phenoxy) is 1. The molecule has 0 amide bonds. The van der Waals surface area contributed by atoms with Crippen LogP contribution in [0, 0.1) is 23.0 Å². The fourth-order valence-electron chi connectivity index (χ4n) is 1.67. The van der Waals surface area contributed by atoms with Gasteiger partial charge in [-0.05, 0) is 24.3 Å². The number of aromatic nitrogens is 1. The third kappa shape index (κ3) is 4.14. The predicted molar refractivity (Wildman–Crippen MR) is 75.3 cm³/mol. The summed E-state index contributed by atoms with van der Waals surface area (Å²) in [4.78, 5) is 3.98. The normalized spacial score (nSPS) is 11.5. The van der Waals surface area contributed by atoms with Gasteiger partial charge in [0.15, 0.2) is 11.6 Å². The molecule has 1 heterocycles. The van der Waals surface area contributed by atoms with E-state index in [2.05, 4.69) is 10.3 Å². The van der Waals surface area contributed by atoms with Crippen molar-refractivity contribution in [3.05, 3.63) is 53.7 Å². The first-order valence-electron chi connectivity index (χ1n) is 6.45. The number of nitriles is 1. The van der Waals surface area contributed by atoms with Crippen LogP contribution in [0.25, 0.3) is 0 Å². The lowest BCUT2D eigenvalue weighted by Gasteiger charge is -2.14. The Morgan fingerprint density at radius 1 is 1.32 bits per heavy atom. The average molecular weight is 305 g/mol. The summed E-state index contributed by atoms with van der Waals surface area (Å²) in [7, 11) is 0. The number of halogens is 2.